The largest absolute Gasteiger partial charge is 0.493 e. The van der Waals surface area contributed by atoms with Crippen molar-refractivity contribution in [3.63, 3.8) is 0 Å². The van der Waals surface area contributed by atoms with Crippen LogP contribution in [0.25, 0.3) is 22.2 Å². The second-order valence-corrected chi connectivity index (χ2v) is 9.62. The molecular weight excluding hydrogens is 482 g/mol. The van der Waals surface area contributed by atoms with Crippen LogP contribution in [-0.4, -0.2) is 36.4 Å². The van der Waals surface area contributed by atoms with Crippen LogP contribution in [0.5, 0.6) is 23.0 Å². The van der Waals surface area contributed by atoms with Crippen molar-refractivity contribution >= 4 is 16.9 Å². The zero-order valence-electron chi connectivity index (χ0n) is 21.8. The van der Waals surface area contributed by atoms with Gasteiger partial charge in [-0.3, -0.25) is 4.79 Å². The van der Waals surface area contributed by atoms with E-state index in [-0.39, 0.29) is 12.5 Å². The van der Waals surface area contributed by atoms with Crippen LogP contribution in [0, 0.1) is 0 Å². The Hall–Kier alpha value is -4.13. The molecule has 38 heavy (non-hydrogen) atoms. The molecule has 0 bridgehead atoms. The predicted octanol–water partition coefficient (Wildman–Crippen LogP) is 6.77. The van der Waals surface area contributed by atoms with Crippen LogP contribution in [0.2, 0.25) is 0 Å². The summed E-state index contributed by atoms with van der Waals surface area (Å²) in [6.45, 7) is 0.354. The lowest BCUT2D eigenvalue weighted by Crippen LogP contribution is -2.19. The first-order chi connectivity index (χ1) is 18.6. The van der Waals surface area contributed by atoms with E-state index in [0.29, 0.717) is 35.1 Å². The van der Waals surface area contributed by atoms with Crippen LogP contribution in [0.15, 0.2) is 60.7 Å². The van der Waals surface area contributed by atoms with E-state index in [2.05, 4.69) is 4.98 Å². The summed E-state index contributed by atoms with van der Waals surface area (Å²) in [6.07, 6.45) is 5.79. The quantitative estimate of drug-likeness (QED) is 0.242. The second kappa shape index (κ2) is 11.5. The Morgan fingerprint density at radius 3 is 2.32 bits per heavy atom. The lowest BCUT2D eigenvalue weighted by molar-refractivity contribution is -0.136. The summed E-state index contributed by atoms with van der Waals surface area (Å²) in [5.74, 6) is 1.34. The number of benzene rings is 3. The number of aliphatic carboxylic acids is 1. The van der Waals surface area contributed by atoms with Crippen LogP contribution in [0.4, 0.5) is 0 Å². The van der Waals surface area contributed by atoms with Crippen LogP contribution in [0.3, 0.4) is 0 Å². The van der Waals surface area contributed by atoms with Gasteiger partial charge in [0.1, 0.15) is 12.4 Å². The van der Waals surface area contributed by atoms with E-state index in [4.69, 9.17) is 18.9 Å². The molecule has 2 N–H and O–H groups in total. The molecule has 0 saturated heterocycles. The number of methoxy groups -OCH3 is 2. The minimum atomic E-state index is -0.910. The van der Waals surface area contributed by atoms with E-state index >= 15 is 0 Å². The fourth-order valence-corrected chi connectivity index (χ4v) is 5.15. The molecule has 7 heteroatoms. The summed E-state index contributed by atoms with van der Waals surface area (Å²) in [4.78, 5) is 15.3. The maximum atomic E-state index is 11.9. The molecule has 1 heterocycles. The zero-order valence-corrected chi connectivity index (χ0v) is 21.8. The van der Waals surface area contributed by atoms with E-state index in [1.54, 1.807) is 14.2 Å². The van der Waals surface area contributed by atoms with Gasteiger partial charge in [-0.25, -0.2) is 0 Å². The number of carbonyl (C=O) groups is 1. The number of aromatic nitrogens is 1. The van der Waals surface area contributed by atoms with Gasteiger partial charge in [-0.15, -0.1) is 0 Å². The van der Waals surface area contributed by atoms with Gasteiger partial charge in [-0.05, 0) is 67.1 Å². The molecular formula is C31H33NO6. The van der Waals surface area contributed by atoms with Crippen molar-refractivity contribution in [3.8, 4) is 34.3 Å². The smallest absolute Gasteiger partial charge is 0.307 e. The maximum absolute atomic E-state index is 11.9. The third-order valence-electron chi connectivity index (χ3n) is 7.04. The predicted molar refractivity (Wildman–Crippen MR) is 146 cm³/mol. The van der Waals surface area contributed by atoms with Gasteiger partial charge in [0.05, 0.1) is 32.4 Å². The number of hydrogen-bond donors (Lipinski definition) is 2. The fourth-order valence-electron chi connectivity index (χ4n) is 5.15. The number of nitrogens with one attached hydrogen (secondary N) is 1. The average Bonchev–Trinajstić information content (AvgIpc) is 3.29. The van der Waals surface area contributed by atoms with Crippen LogP contribution in [-0.2, 0) is 17.8 Å². The van der Waals surface area contributed by atoms with Gasteiger partial charge in [0, 0.05) is 16.5 Å². The van der Waals surface area contributed by atoms with E-state index in [1.807, 2.05) is 60.7 Å². The van der Waals surface area contributed by atoms with Gasteiger partial charge in [-0.1, -0.05) is 36.8 Å². The van der Waals surface area contributed by atoms with Gasteiger partial charge >= 0.3 is 5.97 Å². The van der Waals surface area contributed by atoms with E-state index in [1.165, 1.54) is 19.3 Å². The van der Waals surface area contributed by atoms with E-state index < -0.39 is 5.97 Å². The Bertz CT molecular complexity index is 1380. The second-order valence-electron chi connectivity index (χ2n) is 9.62. The highest BCUT2D eigenvalue weighted by molar-refractivity contribution is 5.95. The number of carboxylic acids is 1. The minimum Gasteiger partial charge on any atom is -0.493 e. The van der Waals surface area contributed by atoms with Gasteiger partial charge in [-0.2, -0.15) is 0 Å². The summed E-state index contributed by atoms with van der Waals surface area (Å²) < 4.78 is 23.7. The zero-order chi connectivity index (χ0) is 26.5. The SMILES string of the molecule is COc1cc(-c2[nH]c3ccc(OC4CCCCC4)cc3c2CC(=O)O)cc(OC)c1OCc1ccccc1. The highest BCUT2D eigenvalue weighted by Gasteiger charge is 2.22. The molecule has 1 saturated carbocycles. The molecule has 0 aliphatic heterocycles. The highest BCUT2D eigenvalue weighted by Crippen LogP contribution is 2.43. The molecule has 7 nitrogen and oxygen atoms in total. The van der Waals surface area contributed by atoms with Gasteiger partial charge in [0.2, 0.25) is 5.75 Å². The summed E-state index contributed by atoms with van der Waals surface area (Å²) in [5.41, 5.74) is 3.99. The van der Waals surface area contributed by atoms with Crippen molar-refractivity contribution in [1.82, 2.24) is 4.98 Å². The summed E-state index contributed by atoms with van der Waals surface area (Å²) >= 11 is 0. The Balaban J connectivity index is 1.53. The molecule has 0 amide bonds. The Morgan fingerprint density at radius 2 is 1.66 bits per heavy atom. The van der Waals surface area contributed by atoms with Crippen LogP contribution < -0.4 is 18.9 Å². The maximum Gasteiger partial charge on any atom is 0.307 e. The number of hydrogen-bond acceptors (Lipinski definition) is 5. The molecule has 1 fully saturated rings. The summed E-state index contributed by atoms with van der Waals surface area (Å²) in [5, 5.41) is 10.6. The molecule has 0 unspecified atom stereocenters. The first-order valence-corrected chi connectivity index (χ1v) is 13.0. The van der Waals surface area contributed by atoms with Crippen molar-refractivity contribution in [2.75, 3.05) is 14.2 Å². The van der Waals surface area contributed by atoms with E-state index in [9.17, 15) is 9.90 Å². The lowest BCUT2D eigenvalue weighted by Gasteiger charge is -2.23. The van der Waals surface area contributed by atoms with Crippen molar-refractivity contribution in [2.45, 2.75) is 51.2 Å². The molecule has 198 valence electrons. The number of carboxylic acid groups (broad SMARTS) is 1. The third kappa shape index (κ3) is 5.57. The van der Waals surface area contributed by atoms with Crippen molar-refractivity contribution in [1.29, 1.82) is 0 Å². The van der Waals surface area contributed by atoms with E-state index in [0.717, 1.165) is 40.6 Å². The minimum absolute atomic E-state index is 0.140. The monoisotopic (exact) mass is 515 g/mol. The average molecular weight is 516 g/mol. The topological polar surface area (TPSA) is 90.0 Å². The Morgan fingerprint density at radius 1 is 0.947 bits per heavy atom. The van der Waals surface area contributed by atoms with Crippen LogP contribution in [0.1, 0.15) is 43.2 Å². The number of ether oxygens (including phenoxy) is 4. The number of rotatable bonds is 10. The van der Waals surface area contributed by atoms with Crippen molar-refractivity contribution in [2.24, 2.45) is 0 Å². The normalized spacial score (nSPS) is 13.8. The molecule has 1 aliphatic carbocycles. The van der Waals surface area contributed by atoms with Crippen molar-refractivity contribution < 1.29 is 28.8 Å². The van der Waals surface area contributed by atoms with Gasteiger partial charge in [0.25, 0.3) is 0 Å². The summed E-state index contributed by atoms with van der Waals surface area (Å²) in [7, 11) is 3.15. The molecule has 1 aromatic heterocycles. The Kier molecular flexibility index (Phi) is 7.73. The molecule has 4 aromatic rings. The van der Waals surface area contributed by atoms with Gasteiger partial charge in [0.15, 0.2) is 11.5 Å². The molecule has 0 atom stereocenters. The molecule has 3 aromatic carbocycles. The third-order valence-corrected chi connectivity index (χ3v) is 7.04. The number of aromatic amines is 1. The first kappa shape index (κ1) is 25.5. The molecule has 0 spiro atoms. The van der Waals surface area contributed by atoms with Crippen LogP contribution >= 0.6 is 0 Å². The molecule has 5 rings (SSSR count). The first-order valence-electron chi connectivity index (χ1n) is 13.0. The number of H-pyrrole nitrogens is 1. The molecule has 1 aliphatic rings. The lowest BCUT2D eigenvalue weighted by atomic mass is 9.97. The highest BCUT2D eigenvalue weighted by atomic mass is 16.5. The summed E-state index contributed by atoms with van der Waals surface area (Å²) in [6, 6.07) is 19.4. The van der Waals surface area contributed by atoms with Crippen molar-refractivity contribution in [3.05, 3.63) is 71.8 Å². The van der Waals surface area contributed by atoms with Gasteiger partial charge < -0.3 is 29.0 Å². The number of fused-ring (bicyclic) bond motifs is 1. The Labute approximate surface area is 222 Å². The fraction of sp³-hybridized carbons (Fsp3) is 0.323. The molecule has 0 radical (unpaired) electrons. The standard InChI is InChI=1S/C31H33NO6/c1-35-27-15-21(16-28(36-2)31(27)37-19-20-9-5-3-6-10-20)30-25(18-29(33)34)24-17-23(13-14-26(24)32-30)38-22-11-7-4-8-12-22/h3,5-6,9-10,13-17,22,32H,4,7-8,11-12,18-19H2,1-2H3,(H,33,34).